The molecule has 0 N–H and O–H groups in total. The lowest BCUT2D eigenvalue weighted by atomic mass is 9.85. The molecule has 1 fully saturated rings. The number of hydrogen-bond acceptors (Lipinski definition) is 2. The van der Waals surface area contributed by atoms with Crippen molar-refractivity contribution in [1.29, 1.82) is 0 Å². The van der Waals surface area contributed by atoms with Gasteiger partial charge in [-0.15, -0.1) is 6.42 Å². The highest BCUT2D eigenvalue weighted by atomic mass is 16.5. The van der Waals surface area contributed by atoms with Crippen molar-refractivity contribution in [2.24, 2.45) is 5.92 Å². The molecule has 0 amide bonds. The molecule has 0 heterocycles. The molecule has 1 atom stereocenters. The van der Waals surface area contributed by atoms with Crippen molar-refractivity contribution in [3.63, 3.8) is 0 Å². The number of benzene rings is 2. The van der Waals surface area contributed by atoms with Crippen molar-refractivity contribution >= 4 is 16.7 Å². The van der Waals surface area contributed by atoms with Crippen molar-refractivity contribution in [3.05, 3.63) is 48.0 Å². The molecule has 0 spiro atoms. The van der Waals surface area contributed by atoms with Gasteiger partial charge in [-0.2, -0.15) is 0 Å². The second kappa shape index (κ2) is 6.66. The number of carbonyl (C=O) groups excluding carboxylic acids is 1. The Labute approximate surface area is 131 Å². The predicted octanol–water partition coefficient (Wildman–Crippen LogP) is 4.58. The number of rotatable bonds is 3. The Morgan fingerprint density at radius 2 is 1.82 bits per heavy atom. The van der Waals surface area contributed by atoms with Gasteiger partial charge in [-0.1, -0.05) is 55.5 Å². The summed E-state index contributed by atoms with van der Waals surface area (Å²) in [7, 11) is 0. The predicted molar refractivity (Wildman–Crippen MR) is 88.6 cm³/mol. The lowest BCUT2D eigenvalue weighted by molar-refractivity contribution is 0.0253. The summed E-state index contributed by atoms with van der Waals surface area (Å²) in [5.74, 6) is 2.65. The fraction of sp³-hybridized carbons (Fsp3) is 0.350. The zero-order valence-corrected chi connectivity index (χ0v) is 12.6. The zero-order valence-electron chi connectivity index (χ0n) is 12.6. The van der Waals surface area contributed by atoms with Crippen molar-refractivity contribution in [1.82, 2.24) is 0 Å². The summed E-state index contributed by atoms with van der Waals surface area (Å²) >= 11 is 0. The number of esters is 1. The maximum Gasteiger partial charge on any atom is 0.339 e. The molecule has 3 rings (SSSR count). The second-order valence-electron chi connectivity index (χ2n) is 5.95. The average Bonchev–Trinajstić information content (AvgIpc) is 2.59. The van der Waals surface area contributed by atoms with E-state index in [1.54, 1.807) is 6.07 Å². The zero-order chi connectivity index (χ0) is 15.4. The van der Waals surface area contributed by atoms with Crippen LogP contribution in [0, 0.1) is 18.3 Å². The second-order valence-corrected chi connectivity index (χ2v) is 5.95. The molecule has 112 valence electrons. The van der Waals surface area contributed by atoms with Crippen LogP contribution in [0.3, 0.4) is 0 Å². The molecule has 22 heavy (non-hydrogen) atoms. The molecule has 2 nitrogen and oxygen atoms in total. The lowest BCUT2D eigenvalue weighted by Gasteiger charge is -2.26. The van der Waals surface area contributed by atoms with E-state index in [2.05, 4.69) is 5.92 Å². The van der Waals surface area contributed by atoms with E-state index in [0.717, 1.165) is 23.6 Å². The van der Waals surface area contributed by atoms with Gasteiger partial charge in [-0.05, 0) is 35.7 Å². The highest BCUT2D eigenvalue weighted by Gasteiger charge is 2.25. The quantitative estimate of drug-likeness (QED) is 0.611. The Morgan fingerprint density at radius 3 is 2.55 bits per heavy atom. The summed E-state index contributed by atoms with van der Waals surface area (Å²) in [6, 6.07) is 13.6. The fourth-order valence-corrected chi connectivity index (χ4v) is 3.20. The third kappa shape index (κ3) is 3.14. The minimum absolute atomic E-state index is 0.308. The first-order chi connectivity index (χ1) is 10.8. The maximum absolute atomic E-state index is 12.4. The number of ether oxygens (including phenoxy) is 1. The molecule has 0 saturated heterocycles. The molecule has 0 radical (unpaired) electrons. The van der Waals surface area contributed by atoms with Gasteiger partial charge in [-0.25, -0.2) is 4.79 Å². The van der Waals surface area contributed by atoms with Crippen LogP contribution in [0.15, 0.2) is 42.5 Å². The van der Waals surface area contributed by atoms with E-state index >= 15 is 0 Å². The molecular formula is C20H20O2. The van der Waals surface area contributed by atoms with Crippen molar-refractivity contribution in [3.8, 4) is 12.3 Å². The summed E-state index contributed by atoms with van der Waals surface area (Å²) in [5.41, 5.74) is 0.565. The summed E-state index contributed by atoms with van der Waals surface area (Å²) < 4.78 is 5.60. The molecule has 0 bridgehead atoms. The van der Waals surface area contributed by atoms with E-state index in [9.17, 15) is 4.79 Å². The van der Waals surface area contributed by atoms with Crippen LogP contribution in [0.5, 0.6) is 0 Å². The van der Waals surface area contributed by atoms with Crippen LogP contribution >= 0.6 is 0 Å². The molecular weight excluding hydrogens is 272 g/mol. The molecule has 1 saturated carbocycles. The van der Waals surface area contributed by atoms with Crippen LogP contribution in [0.25, 0.3) is 10.8 Å². The number of fused-ring (bicyclic) bond motifs is 1. The SMILES string of the molecule is C#C[C@@H](OC(=O)c1ccc2ccccc2c1)C1CCCCC1. The first-order valence-electron chi connectivity index (χ1n) is 7.94. The third-order valence-corrected chi connectivity index (χ3v) is 4.46. The van der Waals surface area contributed by atoms with Gasteiger partial charge in [0.15, 0.2) is 6.10 Å². The topological polar surface area (TPSA) is 26.3 Å². The summed E-state index contributed by atoms with van der Waals surface area (Å²) in [6.45, 7) is 0. The maximum atomic E-state index is 12.4. The van der Waals surface area contributed by atoms with Crippen LogP contribution in [-0.4, -0.2) is 12.1 Å². The molecule has 0 aliphatic heterocycles. The van der Waals surface area contributed by atoms with Gasteiger partial charge >= 0.3 is 5.97 Å². The molecule has 1 aliphatic carbocycles. The van der Waals surface area contributed by atoms with E-state index < -0.39 is 6.10 Å². The Kier molecular flexibility index (Phi) is 4.44. The van der Waals surface area contributed by atoms with Gasteiger partial charge in [0.2, 0.25) is 0 Å². The van der Waals surface area contributed by atoms with Crippen LogP contribution in [0.2, 0.25) is 0 Å². The fourth-order valence-electron chi connectivity index (χ4n) is 3.20. The van der Waals surface area contributed by atoms with Crippen LogP contribution < -0.4 is 0 Å². The molecule has 2 heteroatoms. The summed E-state index contributed by atoms with van der Waals surface area (Å²) in [4.78, 5) is 12.4. The molecule has 0 unspecified atom stereocenters. The van der Waals surface area contributed by atoms with Gasteiger partial charge in [0.05, 0.1) is 5.56 Å². The minimum Gasteiger partial charge on any atom is -0.445 e. The average molecular weight is 292 g/mol. The van der Waals surface area contributed by atoms with Crippen molar-refractivity contribution < 1.29 is 9.53 Å². The third-order valence-electron chi connectivity index (χ3n) is 4.46. The van der Waals surface area contributed by atoms with Crippen LogP contribution in [0.1, 0.15) is 42.5 Å². The van der Waals surface area contributed by atoms with E-state index in [-0.39, 0.29) is 5.97 Å². The van der Waals surface area contributed by atoms with Gasteiger partial charge in [0.25, 0.3) is 0 Å². The monoisotopic (exact) mass is 292 g/mol. The van der Waals surface area contributed by atoms with Crippen LogP contribution in [0.4, 0.5) is 0 Å². The standard InChI is InChI=1S/C20H20O2/c1-2-19(16-9-4-3-5-10-16)22-20(21)18-13-12-15-8-6-7-11-17(15)14-18/h1,6-8,11-14,16,19H,3-5,9-10H2/t19-/m1/s1. The van der Waals surface area contributed by atoms with Crippen molar-refractivity contribution in [2.75, 3.05) is 0 Å². The number of hydrogen-bond donors (Lipinski definition) is 0. The summed E-state index contributed by atoms with van der Waals surface area (Å²) in [5, 5.41) is 2.15. The van der Waals surface area contributed by atoms with Crippen molar-refractivity contribution in [2.45, 2.75) is 38.2 Å². The Hall–Kier alpha value is -2.27. The van der Waals surface area contributed by atoms with Gasteiger partial charge < -0.3 is 4.74 Å². The minimum atomic E-state index is -0.403. The number of carbonyl (C=O) groups is 1. The highest BCUT2D eigenvalue weighted by Crippen LogP contribution is 2.28. The van der Waals surface area contributed by atoms with E-state index in [1.807, 2.05) is 36.4 Å². The van der Waals surface area contributed by atoms with E-state index in [0.29, 0.717) is 11.5 Å². The Bertz CT molecular complexity index is 705. The Balaban J connectivity index is 1.75. The molecule has 2 aromatic rings. The normalized spacial score (nSPS) is 16.9. The van der Waals surface area contributed by atoms with Gasteiger partial charge in [0, 0.05) is 5.92 Å². The molecule has 2 aromatic carbocycles. The first-order valence-corrected chi connectivity index (χ1v) is 7.94. The smallest absolute Gasteiger partial charge is 0.339 e. The van der Waals surface area contributed by atoms with Gasteiger partial charge in [-0.3, -0.25) is 0 Å². The Morgan fingerprint density at radius 1 is 1.09 bits per heavy atom. The molecule has 1 aliphatic rings. The van der Waals surface area contributed by atoms with Crippen LogP contribution in [-0.2, 0) is 4.74 Å². The lowest BCUT2D eigenvalue weighted by Crippen LogP contribution is -2.27. The van der Waals surface area contributed by atoms with E-state index in [1.165, 1.54) is 19.3 Å². The van der Waals surface area contributed by atoms with Gasteiger partial charge in [0.1, 0.15) is 0 Å². The first kappa shape index (κ1) is 14.7. The number of terminal acetylenes is 1. The molecule has 0 aromatic heterocycles. The summed E-state index contributed by atoms with van der Waals surface area (Å²) in [6.07, 6.45) is 10.9. The van der Waals surface area contributed by atoms with E-state index in [4.69, 9.17) is 11.2 Å². The highest BCUT2D eigenvalue weighted by molar-refractivity contribution is 5.95. The largest absolute Gasteiger partial charge is 0.445 e.